The standard InChI is InChI=1S/C21H26BrN3O6S2/c1-30-21-7-6-19(33(28,29)25-12-14-31-15-13-25)16-20(21)23-8-10-24(11-9-23)32(26,27)18-4-2-17(22)3-5-18/h2-7,16H,8-15H2,1H3. The molecule has 0 atom stereocenters. The number of rotatable bonds is 6. The Morgan fingerprint density at radius 1 is 0.788 bits per heavy atom. The fraction of sp³-hybridized carbons (Fsp3) is 0.429. The Labute approximate surface area is 203 Å². The first-order valence-corrected chi connectivity index (χ1v) is 14.2. The van der Waals surface area contributed by atoms with Crippen LogP contribution in [0.4, 0.5) is 5.69 Å². The third kappa shape index (κ3) is 5.05. The van der Waals surface area contributed by atoms with E-state index in [2.05, 4.69) is 15.9 Å². The molecule has 4 rings (SSSR count). The van der Waals surface area contributed by atoms with Crippen molar-refractivity contribution in [2.24, 2.45) is 0 Å². The minimum absolute atomic E-state index is 0.185. The second-order valence-electron chi connectivity index (χ2n) is 7.70. The molecular weight excluding hydrogens is 534 g/mol. The van der Waals surface area contributed by atoms with Gasteiger partial charge in [-0.15, -0.1) is 0 Å². The van der Waals surface area contributed by atoms with Crippen LogP contribution in [0.2, 0.25) is 0 Å². The maximum Gasteiger partial charge on any atom is 0.243 e. The van der Waals surface area contributed by atoms with E-state index in [0.717, 1.165) is 4.47 Å². The summed E-state index contributed by atoms with van der Waals surface area (Å²) in [6.07, 6.45) is 0. The van der Waals surface area contributed by atoms with Crippen molar-refractivity contribution in [2.75, 3.05) is 64.5 Å². The molecule has 0 radical (unpaired) electrons. The number of ether oxygens (including phenoxy) is 2. The number of methoxy groups -OCH3 is 1. The lowest BCUT2D eigenvalue weighted by Crippen LogP contribution is -2.48. The average molecular weight is 560 g/mol. The maximum atomic E-state index is 13.1. The number of anilines is 1. The molecule has 12 heteroatoms. The highest BCUT2D eigenvalue weighted by Gasteiger charge is 2.31. The summed E-state index contributed by atoms with van der Waals surface area (Å²) in [5.41, 5.74) is 0.632. The summed E-state index contributed by atoms with van der Waals surface area (Å²) in [6, 6.07) is 11.4. The van der Waals surface area contributed by atoms with Gasteiger partial charge in [0.05, 0.1) is 35.8 Å². The summed E-state index contributed by atoms with van der Waals surface area (Å²) in [5, 5.41) is 0. The second kappa shape index (κ2) is 9.88. The molecule has 0 amide bonds. The zero-order chi connectivity index (χ0) is 23.6. The Bertz CT molecular complexity index is 1190. The van der Waals surface area contributed by atoms with E-state index in [9.17, 15) is 16.8 Å². The largest absolute Gasteiger partial charge is 0.495 e. The number of benzene rings is 2. The number of piperazine rings is 1. The molecule has 2 heterocycles. The third-order valence-corrected chi connectivity index (χ3v) is 10.1. The summed E-state index contributed by atoms with van der Waals surface area (Å²) in [7, 11) is -5.74. The van der Waals surface area contributed by atoms with Crippen molar-refractivity contribution in [3.63, 3.8) is 0 Å². The van der Waals surface area contributed by atoms with Gasteiger partial charge >= 0.3 is 0 Å². The summed E-state index contributed by atoms with van der Waals surface area (Å²) in [6.45, 7) is 2.75. The molecule has 0 unspecified atom stereocenters. The van der Waals surface area contributed by atoms with E-state index in [0.29, 0.717) is 50.8 Å². The van der Waals surface area contributed by atoms with Crippen LogP contribution >= 0.6 is 15.9 Å². The molecule has 0 bridgehead atoms. The van der Waals surface area contributed by atoms with Gasteiger partial charge in [0.2, 0.25) is 20.0 Å². The Kier molecular flexibility index (Phi) is 7.32. The van der Waals surface area contributed by atoms with Crippen molar-refractivity contribution in [3.8, 4) is 5.75 Å². The van der Waals surface area contributed by atoms with Crippen molar-refractivity contribution in [1.29, 1.82) is 0 Å². The van der Waals surface area contributed by atoms with Crippen LogP contribution in [0.5, 0.6) is 5.75 Å². The minimum atomic E-state index is -3.66. The molecule has 2 aromatic carbocycles. The van der Waals surface area contributed by atoms with Crippen LogP contribution in [0.15, 0.2) is 56.7 Å². The lowest BCUT2D eigenvalue weighted by molar-refractivity contribution is 0.0730. The van der Waals surface area contributed by atoms with Gasteiger partial charge in [-0.1, -0.05) is 15.9 Å². The number of nitrogens with zero attached hydrogens (tertiary/aromatic N) is 3. The first-order valence-electron chi connectivity index (χ1n) is 10.5. The van der Waals surface area contributed by atoms with Crippen LogP contribution in [-0.2, 0) is 24.8 Å². The first-order chi connectivity index (χ1) is 15.7. The zero-order valence-electron chi connectivity index (χ0n) is 18.2. The van der Waals surface area contributed by atoms with E-state index in [1.807, 2.05) is 4.90 Å². The molecule has 0 N–H and O–H groups in total. The lowest BCUT2D eigenvalue weighted by atomic mass is 10.2. The third-order valence-electron chi connectivity index (χ3n) is 5.79. The highest BCUT2D eigenvalue weighted by molar-refractivity contribution is 9.10. The van der Waals surface area contributed by atoms with Crippen molar-refractivity contribution in [2.45, 2.75) is 9.79 Å². The van der Waals surface area contributed by atoms with Gasteiger partial charge in [0.25, 0.3) is 0 Å². The van der Waals surface area contributed by atoms with Crippen LogP contribution < -0.4 is 9.64 Å². The molecule has 180 valence electrons. The number of hydrogen-bond acceptors (Lipinski definition) is 7. The fourth-order valence-corrected chi connectivity index (χ4v) is 7.05. The number of morpholine rings is 1. The summed E-state index contributed by atoms with van der Waals surface area (Å²) in [5.74, 6) is 0.542. The van der Waals surface area contributed by atoms with E-state index in [-0.39, 0.29) is 22.9 Å². The summed E-state index contributed by atoms with van der Waals surface area (Å²) >= 11 is 3.32. The van der Waals surface area contributed by atoms with E-state index >= 15 is 0 Å². The van der Waals surface area contributed by atoms with Gasteiger partial charge in [-0.25, -0.2) is 16.8 Å². The molecule has 2 aliphatic rings. The van der Waals surface area contributed by atoms with Gasteiger partial charge in [0, 0.05) is 43.7 Å². The minimum Gasteiger partial charge on any atom is -0.495 e. The van der Waals surface area contributed by atoms with Crippen LogP contribution in [0.25, 0.3) is 0 Å². The zero-order valence-corrected chi connectivity index (χ0v) is 21.4. The maximum absolute atomic E-state index is 13.1. The molecular formula is C21H26BrN3O6S2. The summed E-state index contributed by atoms with van der Waals surface area (Å²) in [4.78, 5) is 2.39. The molecule has 2 aliphatic heterocycles. The molecule has 0 aromatic heterocycles. The average Bonchev–Trinajstić information content (AvgIpc) is 2.84. The monoisotopic (exact) mass is 559 g/mol. The van der Waals surface area contributed by atoms with Gasteiger partial charge < -0.3 is 14.4 Å². The molecule has 2 fully saturated rings. The van der Waals surface area contributed by atoms with Gasteiger partial charge in [0.1, 0.15) is 5.75 Å². The van der Waals surface area contributed by atoms with Crippen LogP contribution in [-0.4, -0.2) is 85.0 Å². The number of hydrogen-bond donors (Lipinski definition) is 0. The highest BCUT2D eigenvalue weighted by atomic mass is 79.9. The molecule has 9 nitrogen and oxygen atoms in total. The normalized spacial score (nSPS) is 18.9. The number of sulfonamides is 2. The van der Waals surface area contributed by atoms with E-state index in [4.69, 9.17) is 9.47 Å². The van der Waals surface area contributed by atoms with Gasteiger partial charge in [-0.3, -0.25) is 0 Å². The molecule has 0 saturated carbocycles. The van der Waals surface area contributed by atoms with Gasteiger partial charge in [0.15, 0.2) is 0 Å². The van der Waals surface area contributed by atoms with Crippen molar-refractivity contribution >= 4 is 41.7 Å². The Morgan fingerprint density at radius 3 is 1.94 bits per heavy atom. The van der Waals surface area contributed by atoms with Crippen molar-refractivity contribution in [1.82, 2.24) is 8.61 Å². The van der Waals surface area contributed by atoms with Crippen LogP contribution in [0, 0.1) is 0 Å². The predicted molar refractivity (Wildman–Crippen MR) is 128 cm³/mol. The quantitative estimate of drug-likeness (QED) is 0.533. The topological polar surface area (TPSA) is 96.5 Å². The van der Waals surface area contributed by atoms with Crippen LogP contribution in [0.1, 0.15) is 0 Å². The molecule has 2 aromatic rings. The summed E-state index contributed by atoms with van der Waals surface area (Å²) < 4.78 is 66.6. The molecule has 2 saturated heterocycles. The Morgan fingerprint density at radius 2 is 1.33 bits per heavy atom. The molecule has 0 aliphatic carbocycles. The highest BCUT2D eigenvalue weighted by Crippen LogP contribution is 2.33. The second-order valence-corrected chi connectivity index (χ2v) is 12.5. The predicted octanol–water partition coefficient (Wildman–Crippen LogP) is 1.99. The van der Waals surface area contributed by atoms with Gasteiger partial charge in [-0.2, -0.15) is 8.61 Å². The molecule has 33 heavy (non-hydrogen) atoms. The first kappa shape index (κ1) is 24.4. The Hall–Kier alpha value is -1.70. The van der Waals surface area contributed by atoms with Crippen molar-refractivity contribution in [3.05, 3.63) is 46.9 Å². The fourth-order valence-electron chi connectivity index (χ4n) is 3.94. The Balaban J connectivity index is 1.54. The van der Waals surface area contributed by atoms with Crippen molar-refractivity contribution < 1.29 is 26.3 Å². The van der Waals surface area contributed by atoms with E-state index < -0.39 is 20.0 Å². The van der Waals surface area contributed by atoms with Gasteiger partial charge in [-0.05, 0) is 42.5 Å². The molecule has 0 spiro atoms. The van der Waals surface area contributed by atoms with Crippen LogP contribution in [0.3, 0.4) is 0 Å². The number of halogens is 1. The van der Waals surface area contributed by atoms with E-state index in [1.165, 1.54) is 15.7 Å². The smallest absolute Gasteiger partial charge is 0.243 e. The lowest BCUT2D eigenvalue weighted by Gasteiger charge is -2.36. The SMILES string of the molecule is COc1ccc(S(=O)(=O)N2CCOCC2)cc1N1CCN(S(=O)(=O)c2ccc(Br)cc2)CC1. The van der Waals surface area contributed by atoms with E-state index in [1.54, 1.807) is 42.5 Å².